The van der Waals surface area contributed by atoms with E-state index in [1.165, 1.54) is 11.8 Å². The van der Waals surface area contributed by atoms with Crippen LogP contribution in [0.3, 0.4) is 0 Å². The predicted molar refractivity (Wildman–Crippen MR) is 96.6 cm³/mol. The Labute approximate surface area is 151 Å². The Balaban J connectivity index is 1.80. The zero-order valence-corrected chi connectivity index (χ0v) is 15.7. The van der Waals surface area contributed by atoms with Crippen molar-refractivity contribution in [3.8, 4) is 5.75 Å². The maximum atomic E-state index is 12.1. The van der Waals surface area contributed by atoms with E-state index in [4.69, 9.17) is 9.47 Å². The number of carbonyl (C=O) groups is 1. The Morgan fingerprint density at radius 3 is 2.60 bits per heavy atom. The van der Waals surface area contributed by atoms with Crippen molar-refractivity contribution in [1.29, 1.82) is 0 Å². The van der Waals surface area contributed by atoms with E-state index in [1.54, 1.807) is 14.0 Å². The third-order valence-electron chi connectivity index (χ3n) is 3.98. The first kappa shape index (κ1) is 17.6. The van der Waals surface area contributed by atoms with Crippen LogP contribution in [0.5, 0.6) is 5.75 Å². The highest BCUT2D eigenvalue weighted by atomic mass is 32.2. The number of methoxy groups -OCH3 is 1. The van der Waals surface area contributed by atoms with Gasteiger partial charge in [-0.15, -0.1) is 10.2 Å². The number of fused-ring (bicyclic) bond motifs is 1. The van der Waals surface area contributed by atoms with E-state index < -0.39 is 4.75 Å². The molecule has 0 fully saturated rings. The summed E-state index contributed by atoms with van der Waals surface area (Å²) in [5.41, 5.74) is 1.04. The van der Waals surface area contributed by atoms with Crippen molar-refractivity contribution < 1.29 is 14.3 Å². The predicted octanol–water partition coefficient (Wildman–Crippen LogP) is 2.87. The van der Waals surface area contributed by atoms with Gasteiger partial charge in [-0.25, -0.2) is 0 Å². The van der Waals surface area contributed by atoms with Gasteiger partial charge >= 0.3 is 5.97 Å². The van der Waals surface area contributed by atoms with Crippen LogP contribution in [0.4, 0.5) is 11.6 Å². The standard InChI is InChI=1S/C17H22N4O3S/c1-5-24-14(22)17(2,3)25-16-19-18-15-20(10-11-21(15)16)12-6-8-13(23-4)9-7-12/h6-9H,5,10-11H2,1-4H3. The van der Waals surface area contributed by atoms with E-state index in [0.717, 1.165) is 35.6 Å². The SMILES string of the molecule is CCOC(=O)C(C)(C)Sc1nnc2n1CCN2c1ccc(OC)cc1. The van der Waals surface area contributed by atoms with E-state index in [0.29, 0.717) is 6.61 Å². The molecule has 0 aliphatic carbocycles. The lowest BCUT2D eigenvalue weighted by atomic mass is 10.2. The van der Waals surface area contributed by atoms with Crippen LogP contribution >= 0.6 is 11.8 Å². The molecule has 134 valence electrons. The fraction of sp³-hybridized carbons (Fsp3) is 0.471. The summed E-state index contributed by atoms with van der Waals surface area (Å²) in [5.74, 6) is 1.35. The quantitative estimate of drug-likeness (QED) is 0.578. The van der Waals surface area contributed by atoms with Gasteiger partial charge in [0.2, 0.25) is 5.95 Å². The van der Waals surface area contributed by atoms with E-state index in [-0.39, 0.29) is 5.97 Å². The third kappa shape index (κ3) is 3.44. The summed E-state index contributed by atoms with van der Waals surface area (Å²) >= 11 is 1.38. The molecule has 8 heteroatoms. The molecule has 1 aliphatic rings. The molecule has 1 aromatic heterocycles. The molecular formula is C17H22N4O3S. The van der Waals surface area contributed by atoms with Crippen LogP contribution in [0, 0.1) is 0 Å². The van der Waals surface area contributed by atoms with Crippen molar-refractivity contribution >= 4 is 29.4 Å². The van der Waals surface area contributed by atoms with Crippen LogP contribution in [-0.2, 0) is 16.1 Å². The van der Waals surface area contributed by atoms with Gasteiger partial charge in [-0.2, -0.15) is 0 Å². The molecule has 2 aromatic rings. The zero-order valence-electron chi connectivity index (χ0n) is 14.9. The first-order chi connectivity index (χ1) is 12.0. The lowest BCUT2D eigenvalue weighted by Gasteiger charge is -2.20. The van der Waals surface area contributed by atoms with Gasteiger partial charge in [0.25, 0.3) is 0 Å². The van der Waals surface area contributed by atoms with Crippen molar-refractivity contribution in [1.82, 2.24) is 14.8 Å². The number of benzene rings is 1. The van der Waals surface area contributed by atoms with Crippen molar-refractivity contribution in [2.45, 2.75) is 37.2 Å². The second-order valence-corrected chi connectivity index (χ2v) is 7.71. The molecule has 7 nitrogen and oxygen atoms in total. The van der Waals surface area contributed by atoms with Crippen LogP contribution in [0.2, 0.25) is 0 Å². The number of hydrogen-bond donors (Lipinski definition) is 0. The van der Waals surface area contributed by atoms with Gasteiger partial charge in [0, 0.05) is 18.8 Å². The minimum atomic E-state index is -0.715. The third-order valence-corrected chi connectivity index (χ3v) is 5.15. The summed E-state index contributed by atoms with van der Waals surface area (Å²) in [4.78, 5) is 14.2. The fourth-order valence-corrected chi connectivity index (χ4v) is 3.60. The number of ether oxygens (including phenoxy) is 2. The molecule has 25 heavy (non-hydrogen) atoms. The first-order valence-corrected chi connectivity index (χ1v) is 8.99. The van der Waals surface area contributed by atoms with Gasteiger partial charge in [-0.1, -0.05) is 11.8 Å². The largest absolute Gasteiger partial charge is 0.497 e. The molecule has 3 rings (SSSR count). The van der Waals surface area contributed by atoms with Gasteiger partial charge in [-0.05, 0) is 45.0 Å². The summed E-state index contributed by atoms with van der Waals surface area (Å²) in [6.45, 7) is 7.44. The van der Waals surface area contributed by atoms with Crippen LogP contribution < -0.4 is 9.64 Å². The van der Waals surface area contributed by atoms with Crippen molar-refractivity contribution in [3.63, 3.8) is 0 Å². The number of thioether (sulfide) groups is 1. The molecule has 0 N–H and O–H groups in total. The average molecular weight is 362 g/mol. The molecule has 0 atom stereocenters. The molecule has 0 unspecified atom stereocenters. The molecule has 0 saturated carbocycles. The van der Waals surface area contributed by atoms with Gasteiger partial charge in [-0.3, -0.25) is 9.36 Å². The number of hydrogen-bond acceptors (Lipinski definition) is 7. The summed E-state index contributed by atoms with van der Waals surface area (Å²) in [7, 11) is 1.65. The number of rotatable bonds is 6. The van der Waals surface area contributed by atoms with Crippen LogP contribution in [0.25, 0.3) is 0 Å². The Kier molecular flexibility index (Phi) is 4.89. The lowest BCUT2D eigenvalue weighted by Crippen LogP contribution is -2.30. The molecule has 1 aromatic carbocycles. The summed E-state index contributed by atoms with van der Waals surface area (Å²) in [5, 5.41) is 9.32. The van der Waals surface area contributed by atoms with Gasteiger partial charge < -0.3 is 14.4 Å². The average Bonchev–Trinajstić information content (AvgIpc) is 3.18. The van der Waals surface area contributed by atoms with Crippen molar-refractivity contribution in [2.75, 3.05) is 25.2 Å². The highest BCUT2D eigenvalue weighted by molar-refractivity contribution is 8.01. The van der Waals surface area contributed by atoms with Gasteiger partial charge in [0.15, 0.2) is 5.16 Å². The number of nitrogens with zero attached hydrogens (tertiary/aromatic N) is 4. The monoisotopic (exact) mass is 362 g/mol. The maximum absolute atomic E-state index is 12.1. The zero-order chi connectivity index (χ0) is 18.0. The number of carbonyl (C=O) groups excluding carboxylic acids is 1. The summed E-state index contributed by atoms with van der Waals surface area (Å²) in [6, 6.07) is 7.85. The highest BCUT2D eigenvalue weighted by Gasteiger charge is 2.35. The van der Waals surface area contributed by atoms with Crippen LogP contribution in [0.15, 0.2) is 29.4 Å². The lowest BCUT2D eigenvalue weighted by molar-refractivity contribution is -0.145. The Morgan fingerprint density at radius 1 is 1.24 bits per heavy atom. The van der Waals surface area contributed by atoms with Gasteiger partial charge in [0.05, 0.1) is 13.7 Å². The Bertz CT molecular complexity index is 758. The van der Waals surface area contributed by atoms with E-state index >= 15 is 0 Å². The second kappa shape index (κ2) is 6.95. The molecular weight excluding hydrogens is 340 g/mol. The normalized spacial score (nSPS) is 13.7. The first-order valence-electron chi connectivity index (χ1n) is 8.17. The molecule has 2 heterocycles. The number of esters is 1. The second-order valence-electron chi connectivity index (χ2n) is 6.12. The smallest absolute Gasteiger partial charge is 0.322 e. The Hall–Kier alpha value is -2.22. The minimum Gasteiger partial charge on any atom is -0.497 e. The summed E-state index contributed by atoms with van der Waals surface area (Å²) in [6.07, 6.45) is 0. The number of anilines is 2. The van der Waals surface area contributed by atoms with E-state index in [1.807, 2.05) is 42.7 Å². The Morgan fingerprint density at radius 2 is 1.96 bits per heavy atom. The van der Waals surface area contributed by atoms with Crippen molar-refractivity contribution in [2.24, 2.45) is 0 Å². The highest BCUT2D eigenvalue weighted by Crippen LogP contribution is 2.37. The van der Waals surface area contributed by atoms with Gasteiger partial charge in [0.1, 0.15) is 10.5 Å². The summed E-state index contributed by atoms with van der Waals surface area (Å²) < 4.78 is 11.7. The van der Waals surface area contributed by atoms with E-state index in [9.17, 15) is 4.79 Å². The fourth-order valence-electron chi connectivity index (χ4n) is 2.63. The van der Waals surface area contributed by atoms with Crippen LogP contribution in [-0.4, -0.2) is 45.7 Å². The van der Waals surface area contributed by atoms with E-state index in [2.05, 4.69) is 15.1 Å². The molecule has 0 radical (unpaired) electrons. The molecule has 1 aliphatic heterocycles. The van der Waals surface area contributed by atoms with Crippen LogP contribution in [0.1, 0.15) is 20.8 Å². The molecule has 0 amide bonds. The topological polar surface area (TPSA) is 69.5 Å². The maximum Gasteiger partial charge on any atom is 0.322 e. The molecule has 0 saturated heterocycles. The molecule has 0 bridgehead atoms. The minimum absolute atomic E-state index is 0.248. The number of aromatic nitrogens is 3. The van der Waals surface area contributed by atoms with Crippen molar-refractivity contribution in [3.05, 3.63) is 24.3 Å². The molecule has 0 spiro atoms.